The third-order valence-corrected chi connectivity index (χ3v) is 2.78. The number of nitrogens with one attached hydrogen (secondary N) is 1. The van der Waals surface area contributed by atoms with Crippen molar-refractivity contribution in [2.45, 2.75) is 24.9 Å². The van der Waals surface area contributed by atoms with Gasteiger partial charge in [0.2, 0.25) is 0 Å². The molecule has 2 heterocycles. The molecule has 1 aromatic rings. The van der Waals surface area contributed by atoms with Crippen molar-refractivity contribution in [2.24, 2.45) is 0 Å². The van der Waals surface area contributed by atoms with Gasteiger partial charge < -0.3 is 5.11 Å². The number of aromatic nitrogens is 1. The summed E-state index contributed by atoms with van der Waals surface area (Å²) in [7, 11) is 0. The summed E-state index contributed by atoms with van der Waals surface area (Å²) in [6.07, 6.45) is 2.39. The van der Waals surface area contributed by atoms with Crippen LogP contribution < -0.4 is 5.32 Å². The fourth-order valence-electron chi connectivity index (χ4n) is 1.88. The number of carboxylic acids is 1. The second-order valence-corrected chi connectivity index (χ2v) is 3.89. The fourth-order valence-corrected chi connectivity index (χ4v) is 1.88. The Labute approximate surface area is 96.6 Å². The Kier molecular flexibility index (Phi) is 3.01. The number of pyridine rings is 1. The van der Waals surface area contributed by atoms with Crippen molar-refractivity contribution in [1.82, 2.24) is 10.3 Å². The zero-order chi connectivity index (χ0) is 12.4. The minimum atomic E-state index is -0.880. The lowest BCUT2D eigenvalue weighted by atomic mass is 10.1. The standard InChI is InChI=1S/C10H11N3O4/c14-10(15)9-4-3-8(12-9)7-2-1-6(5-11-7)13(16)17/h1-2,5,8-9,12H,3-4H2,(H,14,15)/t8-,9+/m1/s1. The summed E-state index contributed by atoms with van der Waals surface area (Å²) < 4.78 is 0. The van der Waals surface area contributed by atoms with Gasteiger partial charge in [-0.3, -0.25) is 25.2 Å². The molecule has 0 aliphatic carbocycles. The van der Waals surface area contributed by atoms with Crippen LogP contribution in [-0.2, 0) is 4.79 Å². The number of nitro groups is 1. The van der Waals surface area contributed by atoms with E-state index in [1.807, 2.05) is 0 Å². The second-order valence-electron chi connectivity index (χ2n) is 3.89. The molecule has 2 N–H and O–H groups in total. The third kappa shape index (κ3) is 2.39. The van der Waals surface area contributed by atoms with Crippen molar-refractivity contribution in [3.05, 3.63) is 34.1 Å². The van der Waals surface area contributed by atoms with Gasteiger partial charge in [-0.25, -0.2) is 0 Å². The molecular weight excluding hydrogens is 226 g/mol. The van der Waals surface area contributed by atoms with Gasteiger partial charge in [0, 0.05) is 6.07 Å². The molecule has 2 atom stereocenters. The van der Waals surface area contributed by atoms with Crippen molar-refractivity contribution >= 4 is 11.7 Å². The molecule has 2 rings (SSSR count). The van der Waals surface area contributed by atoms with Gasteiger partial charge in [0.25, 0.3) is 5.69 Å². The maximum atomic E-state index is 10.7. The summed E-state index contributed by atoms with van der Waals surface area (Å²) in [6, 6.07) is 2.23. The molecule has 0 aromatic carbocycles. The Bertz CT molecular complexity index is 445. The molecule has 1 saturated heterocycles. The molecule has 7 heteroatoms. The smallest absolute Gasteiger partial charge is 0.320 e. The van der Waals surface area contributed by atoms with Crippen molar-refractivity contribution in [2.75, 3.05) is 0 Å². The summed E-state index contributed by atoms with van der Waals surface area (Å²) >= 11 is 0. The molecule has 0 saturated carbocycles. The maximum absolute atomic E-state index is 10.7. The number of carboxylic acid groups (broad SMARTS) is 1. The average Bonchev–Trinajstić information content (AvgIpc) is 2.78. The molecular formula is C10H11N3O4. The van der Waals surface area contributed by atoms with Crippen LogP contribution >= 0.6 is 0 Å². The SMILES string of the molecule is O=C(O)[C@@H]1CC[C@H](c2ccc([N+](=O)[O-])cn2)N1. The van der Waals surface area contributed by atoms with Crippen molar-refractivity contribution in [1.29, 1.82) is 0 Å². The highest BCUT2D eigenvalue weighted by Crippen LogP contribution is 2.26. The normalized spacial score (nSPS) is 23.5. The van der Waals surface area contributed by atoms with Crippen LogP contribution in [0, 0.1) is 10.1 Å². The van der Waals surface area contributed by atoms with Crippen molar-refractivity contribution < 1.29 is 14.8 Å². The van der Waals surface area contributed by atoms with Crippen LogP contribution in [0.15, 0.2) is 18.3 Å². The Balaban J connectivity index is 2.09. The first-order valence-electron chi connectivity index (χ1n) is 5.17. The number of carbonyl (C=O) groups is 1. The van der Waals surface area contributed by atoms with Gasteiger partial charge >= 0.3 is 5.97 Å². The number of nitrogens with zero attached hydrogens (tertiary/aromatic N) is 2. The predicted molar refractivity (Wildman–Crippen MR) is 57.4 cm³/mol. The lowest BCUT2D eigenvalue weighted by Gasteiger charge is -2.10. The summed E-state index contributed by atoms with van der Waals surface area (Å²) in [4.78, 5) is 24.7. The number of hydrogen-bond acceptors (Lipinski definition) is 5. The van der Waals surface area contributed by atoms with E-state index in [0.29, 0.717) is 18.5 Å². The molecule has 0 unspecified atom stereocenters. The minimum absolute atomic E-state index is 0.0680. The van der Waals surface area contributed by atoms with Crippen molar-refractivity contribution in [3.63, 3.8) is 0 Å². The lowest BCUT2D eigenvalue weighted by molar-refractivity contribution is -0.385. The summed E-state index contributed by atoms with van der Waals surface area (Å²) in [5, 5.41) is 22.2. The molecule has 1 aliphatic rings. The van der Waals surface area contributed by atoms with E-state index in [9.17, 15) is 14.9 Å². The topological polar surface area (TPSA) is 105 Å². The average molecular weight is 237 g/mol. The first-order valence-corrected chi connectivity index (χ1v) is 5.17. The van der Waals surface area contributed by atoms with Gasteiger partial charge in [-0.05, 0) is 18.9 Å². The van der Waals surface area contributed by atoms with E-state index in [1.54, 1.807) is 6.07 Å². The van der Waals surface area contributed by atoms with E-state index in [0.717, 1.165) is 0 Å². The number of rotatable bonds is 3. The first-order chi connectivity index (χ1) is 8.08. The third-order valence-electron chi connectivity index (χ3n) is 2.78. The van der Waals surface area contributed by atoms with Crippen molar-refractivity contribution in [3.8, 4) is 0 Å². The summed E-state index contributed by atoms with van der Waals surface area (Å²) in [5.41, 5.74) is 0.570. The highest BCUT2D eigenvalue weighted by atomic mass is 16.6. The van der Waals surface area contributed by atoms with Crippen LogP contribution in [0.2, 0.25) is 0 Å². The van der Waals surface area contributed by atoms with Crippen LogP contribution in [-0.4, -0.2) is 27.0 Å². The molecule has 0 radical (unpaired) electrons. The zero-order valence-electron chi connectivity index (χ0n) is 8.87. The van der Waals surface area contributed by atoms with E-state index in [4.69, 9.17) is 5.11 Å². The van der Waals surface area contributed by atoms with Gasteiger partial charge in [0.05, 0.1) is 16.7 Å². The molecule has 1 fully saturated rings. The van der Waals surface area contributed by atoms with E-state index in [1.165, 1.54) is 12.3 Å². The monoisotopic (exact) mass is 237 g/mol. The van der Waals surface area contributed by atoms with Crippen LogP contribution in [0.5, 0.6) is 0 Å². The quantitative estimate of drug-likeness (QED) is 0.596. The molecule has 17 heavy (non-hydrogen) atoms. The lowest BCUT2D eigenvalue weighted by Crippen LogP contribution is -2.32. The molecule has 0 bridgehead atoms. The second kappa shape index (κ2) is 4.46. The maximum Gasteiger partial charge on any atom is 0.320 e. The van der Waals surface area contributed by atoms with E-state index in [2.05, 4.69) is 10.3 Å². The molecule has 7 nitrogen and oxygen atoms in total. The minimum Gasteiger partial charge on any atom is -0.480 e. The van der Waals surface area contributed by atoms with E-state index in [-0.39, 0.29) is 11.7 Å². The highest BCUT2D eigenvalue weighted by molar-refractivity contribution is 5.73. The molecule has 1 aliphatic heterocycles. The zero-order valence-corrected chi connectivity index (χ0v) is 8.87. The summed E-state index contributed by atoms with van der Waals surface area (Å²) in [6.45, 7) is 0. The van der Waals surface area contributed by atoms with E-state index >= 15 is 0 Å². The van der Waals surface area contributed by atoms with Crippen LogP contribution in [0.1, 0.15) is 24.6 Å². The highest BCUT2D eigenvalue weighted by Gasteiger charge is 2.30. The van der Waals surface area contributed by atoms with E-state index < -0.39 is 16.9 Å². The van der Waals surface area contributed by atoms with Crippen LogP contribution in [0.3, 0.4) is 0 Å². The van der Waals surface area contributed by atoms with Gasteiger partial charge in [-0.1, -0.05) is 0 Å². The Morgan fingerprint density at radius 1 is 1.53 bits per heavy atom. The summed E-state index contributed by atoms with van der Waals surface area (Å²) in [5.74, 6) is -0.880. The first kappa shape index (κ1) is 11.5. The van der Waals surface area contributed by atoms with Gasteiger partial charge in [-0.15, -0.1) is 0 Å². The number of aliphatic carboxylic acids is 1. The fraction of sp³-hybridized carbons (Fsp3) is 0.400. The van der Waals surface area contributed by atoms with Gasteiger partial charge in [0.1, 0.15) is 12.2 Å². The van der Waals surface area contributed by atoms with Gasteiger partial charge in [-0.2, -0.15) is 0 Å². The molecule has 0 amide bonds. The van der Waals surface area contributed by atoms with Gasteiger partial charge in [0.15, 0.2) is 0 Å². The molecule has 0 spiro atoms. The Morgan fingerprint density at radius 2 is 2.29 bits per heavy atom. The molecule has 1 aromatic heterocycles. The predicted octanol–water partition coefficient (Wildman–Crippen LogP) is 0.867. The largest absolute Gasteiger partial charge is 0.480 e. The Hall–Kier alpha value is -2.02. The van der Waals surface area contributed by atoms with Crippen LogP contribution in [0.25, 0.3) is 0 Å². The Morgan fingerprint density at radius 3 is 2.76 bits per heavy atom. The molecule has 90 valence electrons. The van der Waals surface area contributed by atoms with Crippen LogP contribution in [0.4, 0.5) is 5.69 Å². The number of hydrogen-bond donors (Lipinski definition) is 2.